The zero-order valence-electron chi connectivity index (χ0n) is 14.4. The first-order valence-electron chi connectivity index (χ1n) is 8.84. The van der Waals surface area contributed by atoms with Gasteiger partial charge in [0.2, 0.25) is 0 Å². The van der Waals surface area contributed by atoms with E-state index in [0.717, 1.165) is 24.9 Å². The fourth-order valence-electron chi connectivity index (χ4n) is 3.26. The number of fused-ring (bicyclic) bond motifs is 1. The molecule has 0 fully saturated rings. The predicted molar refractivity (Wildman–Crippen MR) is 96.3 cm³/mol. The Morgan fingerprint density at radius 1 is 1.15 bits per heavy atom. The minimum Gasteiger partial charge on any atom is -0.493 e. The summed E-state index contributed by atoms with van der Waals surface area (Å²) in [5.74, 6) is 0.399. The van der Waals surface area contributed by atoms with Crippen LogP contribution in [0.3, 0.4) is 0 Å². The molecular formula is C20H21FN4O. The second-order valence-corrected chi connectivity index (χ2v) is 6.52. The van der Waals surface area contributed by atoms with E-state index in [0.29, 0.717) is 18.9 Å². The number of nitrogens with zero attached hydrogens (tertiary/aromatic N) is 3. The lowest BCUT2D eigenvalue weighted by atomic mass is 10.0. The lowest BCUT2D eigenvalue weighted by Gasteiger charge is -2.18. The minimum atomic E-state index is -0.257. The SMILES string of the molecule is Fc1ccc2c(c1)OCCCC2NCc1ccc(Cn2cncn2)cc1. The van der Waals surface area contributed by atoms with Crippen LogP contribution in [0, 0.1) is 5.82 Å². The van der Waals surface area contributed by atoms with Crippen molar-refractivity contribution in [1.29, 1.82) is 0 Å². The highest BCUT2D eigenvalue weighted by atomic mass is 19.1. The van der Waals surface area contributed by atoms with Gasteiger partial charge in [0.15, 0.2) is 0 Å². The number of hydrogen-bond donors (Lipinski definition) is 1. The number of nitrogens with one attached hydrogen (secondary N) is 1. The van der Waals surface area contributed by atoms with Gasteiger partial charge in [-0.2, -0.15) is 5.10 Å². The molecule has 3 aromatic rings. The van der Waals surface area contributed by atoms with Gasteiger partial charge in [0.25, 0.3) is 0 Å². The first-order valence-corrected chi connectivity index (χ1v) is 8.84. The van der Waals surface area contributed by atoms with E-state index in [1.807, 2.05) is 6.07 Å². The molecule has 26 heavy (non-hydrogen) atoms. The number of aromatic nitrogens is 3. The van der Waals surface area contributed by atoms with Gasteiger partial charge in [-0.1, -0.05) is 30.3 Å². The lowest BCUT2D eigenvalue weighted by molar-refractivity contribution is 0.313. The van der Waals surface area contributed by atoms with Crippen molar-refractivity contribution in [1.82, 2.24) is 20.1 Å². The normalized spacial score (nSPS) is 16.6. The number of rotatable bonds is 5. The van der Waals surface area contributed by atoms with E-state index in [-0.39, 0.29) is 11.9 Å². The molecule has 1 aliphatic heterocycles. The van der Waals surface area contributed by atoms with Gasteiger partial charge in [0.05, 0.1) is 13.2 Å². The summed E-state index contributed by atoms with van der Waals surface area (Å²) in [6.07, 6.45) is 5.18. The van der Waals surface area contributed by atoms with Gasteiger partial charge >= 0.3 is 0 Å². The molecule has 4 rings (SSSR count). The summed E-state index contributed by atoms with van der Waals surface area (Å²) >= 11 is 0. The zero-order chi connectivity index (χ0) is 17.8. The van der Waals surface area contributed by atoms with E-state index in [2.05, 4.69) is 39.7 Å². The van der Waals surface area contributed by atoms with Crippen molar-refractivity contribution in [3.63, 3.8) is 0 Å². The largest absolute Gasteiger partial charge is 0.493 e. The van der Waals surface area contributed by atoms with Crippen LogP contribution < -0.4 is 10.1 Å². The van der Waals surface area contributed by atoms with Gasteiger partial charge in [-0.3, -0.25) is 0 Å². The summed E-state index contributed by atoms with van der Waals surface area (Å²) in [5, 5.41) is 7.71. The molecule has 1 N–H and O–H groups in total. The Kier molecular flexibility index (Phi) is 4.93. The minimum absolute atomic E-state index is 0.169. The molecule has 0 spiro atoms. The molecule has 5 nitrogen and oxygen atoms in total. The molecule has 0 radical (unpaired) electrons. The Morgan fingerprint density at radius 2 is 2.00 bits per heavy atom. The van der Waals surface area contributed by atoms with Crippen molar-refractivity contribution in [2.24, 2.45) is 0 Å². The standard InChI is InChI=1S/C20H21FN4O/c21-17-7-8-18-19(2-1-9-26-20(18)10-17)23-11-15-3-5-16(6-4-15)12-25-14-22-13-24-25/h3-8,10,13-14,19,23H,1-2,9,11-12H2. The molecule has 1 aliphatic rings. The number of benzene rings is 2. The Balaban J connectivity index is 1.41. The topological polar surface area (TPSA) is 52.0 Å². The third-order valence-corrected chi connectivity index (χ3v) is 4.63. The molecule has 0 aliphatic carbocycles. The highest BCUT2D eigenvalue weighted by molar-refractivity contribution is 5.37. The molecule has 1 aromatic heterocycles. The maximum atomic E-state index is 13.5. The van der Waals surface area contributed by atoms with E-state index in [1.165, 1.54) is 23.3 Å². The molecule has 2 aromatic carbocycles. The molecule has 0 amide bonds. The van der Waals surface area contributed by atoms with E-state index in [1.54, 1.807) is 17.3 Å². The number of ether oxygens (including phenoxy) is 1. The first kappa shape index (κ1) is 16.7. The van der Waals surface area contributed by atoms with Gasteiger partial charge < -0.3 is 10.1 Å². The fourth-order valence-corrected chi connectivity index (χ4v) is 3.26. The van der Waals surface area contributed by atoms with Crippen LogP contribution in [0.15, 0.2) is 55.1 Å². The third-order valence-electron chi connectivity index (χ3n) is 4.63. The molecule has 134 valence electrons. The van der Waals surface area contributed by atoms with Crippen LogP contribution in [0.5, 0.6) is 5.75 Å². The third kappa shape index (κ3) is 3.91. The van der Waals surface area contributed by atoms with Crippen molar-refractivity contribution in [2.45, 2.75) is 32.0 Å². The number of halogens is 1. The number of hydrogen-bond acceptors (Lipinski definition) is 4. The Labute approximate surface area is 151 Å². The van der Waals surface area contributed by atoms with Crippen LogP contribution in [0.4, 0.5) is 4.39 Å². The lowest BCUT2D eigenvalue weighted by Crippen LogP contribution is -2.20. The first-order chi connectivity index (χ1) is 12.8. The average Bonchev–Trinajstić information content (AvgIpc) is 3.08. The van der Waals surface area contributed by atoms with Gasteiger partial charge in [-0.25, -0.2) is 14.1 Å². The van der Waals surface area contributed by atoms with Crippen molar-refractivity contribution >= 4 is 0 Å². The van der Waals surface area contributed by atoms with Crippen LogP contribution in [-0.4, -0.2) is 21.4 Å². The smallest absolute Gasteiger partial charge is 0.137 e. The van der Waals surface area contributed by atoms with E-state index in [4.69, 9.17) is 4.74 Å². The Hall–Kier alpha value is -2.73. The maximum Gasteiger partial charge on any atom is 0.137 e. The van der Waals surface area contributed by atoms with Gasteiger partial charge in [0, 0.05) is 24.2 Å². The molecule has 6 heteroatoms. The van der Waals surface area contributed by atoms with Crippen LogP contribution in [-0.2, 0) is 13.1 Å². The quantitative estimate of drug-likeness (QED) is 0.764. The summed E-state index contributed by atoms with van der Waals surface area (Å²) in [7, 11) is 0. The van der Waals surface area contributed by atoms with Gasteiger partial charge in [-0.05, 0) is 30.0 Å². The van der Waals surface area contributed by atoms with E-state index < -0.39 is 0 Å². The highest BCUT2D eigenvalue weighted by Crippen LogP contribution is 2.32. The van der Waals surface area contributed by atoms with Crippen LogP contribution in [0.25, 0.3) is 0 Å². The van der Waals surface area contributed by atoms with Crippen molar-refractivity contribution < 1.29 is 9.13 Å². The van der Waals surface area contributed by atoms with Crippen LogP contribution >= 0.6 is 0 Å². The predicted octanol–water partition coefficient (Wildman–Crippen LogP) is 3.47. The molecule has 1 atom stereocenters. The Bertz CT molecular complexity index is 849. The van der Waals surface area contributed by atoms with Crippen LogP contribution in [0.2, 0.25) is 0 Å². The summed E-state index contributed by atoms with van der Waals surface area (Å²) in [4.78, 5) is 3.96. The molecule has 0 bridgehead atoms. The van der Waals surface area contributed by atoms with Gasteiger partial charge in [0.1, 0.15) is 24.2 Å². The molecule has 0 saturated carbocycles. The highest BCUT2D eigenvalue weighted by Gasteiger charge is 2.19. The Morgan fingerprint density at radius 3 is 2.81 bits per heavy atom. The average molecular weight is 352 g/mol. The summed E-state index contributed by atoms with van der Waals surface area (Å²) in [6.45, 7) is 2.10. The monoisotopic (exact) mass is 352 g/mol. The fraction of sp³-hybridized carbons (Fsp3) is 0.300. The second-order valence-electron chi connectivity index (χ2n) is 6.52. The van der Waals surface area contributed by atoms with Gasteiger partial charge in [-0.15, -0.1) is 0 Å². The summed E-state index contributed by atoms with van der Waals surface area (Å²) in [5.41, 5.74) is 3.43. The van der Waals surface area contributed by atoms with Crippen molar-refractivity contribution in [3.05, 3.63) is 77.6 Å². The maximum absolute atomic E-state index is 13.5. The zero-order valence-corrected chi connectivity index (χ0v) is 14.4. The van der Waals surface area contributed by atoms with E-state index >= 15 is 0 Å². The van der Waals surface area contributed by atoms with Crippen molar-refractivity contribution in [3.8, 4) is 5.75 Å². The summed E-state index contributed by atoms with van der Waals surface area (Å²) < 4.78 is 21.0. The van der Waals surface area contributed by atoms with E-state index in [9.17, 15) is 4.39 Å². The van der Waals surface area contributed by atoms with Crippen LogP contribution in [0.1, 0.15) is 35.6 Å². The molecule has 1 unspecified atom stereocenters. The van der Waals surface area contributed by atoms with Crippen molar-refractivity contribution in [2.75, 3.05) is 6.61 Å². The molecule has 2 heterocycles. The second kappa shape index (κ2) is 7.66. The summed E-state index contributed by atoms with van der Waals surface area (Å²) in [6, 6.07) is 13.4. The molecular weight excluding hydrogens is 331 g/mol. The molecule has 0 saturated heterocycles.